The number of carbonyl (C=O) groups is 3. The van der Waals surface area contributed by atoms with E-state index in [1.54, 1.807) is 0 Å². The SMILES string of the molecule is CC(C(=O)N1CCC(C(=O)O)C(C(=O)O)C1)S(C)(=O)=O. The van der Waals surface area contributed by atoms with Gasteiger partial charge in [-0.05, 0) is 13.3 Å². The first kappa shape index (κ1) is 16.4. The zero-order valence-corrected chi connectivity index (χ0v) is 12.0. The van der Waals surface area contributed by atoms with Crippen LogP contribution in [0.1, 0.15) is 13.3 Å². The number of rotatable bonds is 4. The first-order chi connectivity index (χ1) is 9.05. The predicted octanol–water partition coefficient (Wildman–Crippen LogP) is -0.947. The molecule has 20 heavy (non-hydrogen) atoms. The summed E-state index contributed by atoms with van der Waals surface area (Å²) in [6.45, 7) is 0.987. The van der Waals surface area contributed by atoms with Crippen molar-refractivity contribution in [3.63, 3.8) is 0 Å². The third kappa shape index (κ3) is 3.47. The standard InChI is InChI=1S/C11H17NO7S/c1-6(20(2,18)19)9(13)12-4-3-7(10(14)15)8(5-12)11(16)17/h6-8H,3-5H2,1-2H3,(H,14,15)(H,16,17). The molecule has 1 amide bonds. The summed E-state index contributed by atoms with van der Waals surface area (Å²) in [5, 5.41) is 16.7. The molecule has 0 saturated carbocycles. The lowest BCUT2D eigenvalue weighted by atomic mass is 9.85. The van der Waals surface area contributed by atoms with Gasteiger partial charge in [0.15, 0.2) is 9.84 Å². The molecule has 2 N–H and O–H groups in total. The molecule has 0 spiro atoms. The number of aliphatic carboxylic acids is 2. The molecule has 3 unspecified atom stereocenters. The molecule has 8 nitrogen and oxygen atoms in total. The van der Waals surface area contributed by atoms with E-state index in [1.807, 2.05) is 0 Å². The number of carboxylic acids is 2. The van der Waals surface area contributed by atoms with E-state index in [2.05, 4.69) is 0 Å². The van der Waals surface area contributed by atoms with Gasteiger partial charge < -0.3 is 15.1 Å². The fraction of sp³-hybridized carbons (Fsp3) is 0.727. The average Bonchev–Trinajstić information content (AvgIpc) is 2.34. The highest BCUT2D eigenvalue weighted by Gasteiger charge is 2.41. The fourth-order valence-corrected chi connectivity index (χ4v) is 2.65. The lowest BCUT2D eigenvalue weighted by Crippen LogP contribution is -2.51. The summed E-state index contributed by atoms with van der Waals surface area (Å²) in [4.78, 5) is 35.2. The van der Waals surface area contributed by atoms with Crippen molar-refractivity contribution in [3.05, 3.63) is 0 Å². The second kappa shape index (κ2) is 5.78. The van der Waals surface area contributed by atoms with E-state index in [0.29, 0.717) is 0 Å². The second-order valence-electron chi connectivity index (χ2n) is 4.93. The van der Waals surface area contributed by atoms with Gasteiger partial charge in [0.1, 0.15) is 5.25 Å². The summed E-state index contributed by atoms with van der Waals surface area (Å²) < 4.78 is 22.7. The highest BCUT2D eigenvalue weighted by atomic mass is 32.2. The minimum absolute atomic E-state index is 0.00543. The van der Waals surface area contributed by atoms with Gasteiger partial charge in [-0.2, -0.15) is 0 Å². The zero-order valence-electron chi connectivity index (χ0n) is 11.1. The number of hydrogen-bond acceptors (Lipinski definition) is 5. The summed E-state index contributed by atoms with van der Waals surface area (Å²) in [5.41, 5.74) is 0. The van der Waals surface area contributed by atoms with E-state index in [1.165, 1.54) is 6.92 Å². The van der Waals surface area contributed by atoms with Crippen LogP contribution in [-0.2, 0) is 24.2 Å². The van der Waals surface area contributed by atoms with Crippen molar-refractivity contribution in [2.75, 3.05) is 19.3 Å². The Morgan fingerprint density at radius 3 is 2.05 bits per heavy atom. The van der Waals surface area contributed by atoms with Gasteiger partial charge in [0.25, 0.3) is 0 Å². The smallest absolute Gasteiger partial charge is 0.309 e. The summed E-state index contributed by atoms with van der Waals surface area (Å²) in [7, 11) is -3.57. The average molecular weight is 307 g/mol. The van der Waals surface area contributed by atoms with E-state index in [9.17, 15) is 22.8 Å². The van der Waals surface area contributed by atoms with Crippen molar-refractivity contribution >= 4 is 27.7 Å². The molecule has 0 aromatic rings. The van der Waals surface area contributed by atoms with Gasteiger partial charge in [0, 0.05) is 19.3 Å². The highest BCUT2D eigenvalue weighted by molar-refractivity contribution is 7.92. The Bertz CT molecular complexity index is 527. The summed E-state index contributed by atoms with van der Waals surface area (Å²) in [6, 6.07) is 0. The molecule has 114 valence electrons. The molecule has 1 rings (SSSR count). The Morgan fingerprint density at radius 1 is 1.15 bits per heavy atom. The topological polar surface area (TPSA) is 129 Å². The normalized spacial score (nSPS) is 25.0. The largest absolute Gasteiger partial charge is 0.481 e. The molecule has 9 heteroatoms. The predicted molar refractivity (Wildman–Crippen MR) is 67.8 cm³/mol. The Hall–Kier alpha value is -1.64. The molecular formula is C11H17NO7S. The number of carboxylic acid groups (broad SMARTS) is 2. The molecule has 1 saturated heterocycles. The zero-order chi connectivity index (χ0) is 15.7. The molecule has 0 aromatic heterocycles. The maximum Gasteiger partial charge on any atom is 0.309 e. The minimum Gasteiger partial charge on any atom is -0.481 e. The van der Waals surface area contributed by atoms with Crippen LogP contribution in [0.4, 0.5) is 0 Å². The second-order valence-corrected chi connectivity index (χ2v) is 7.30. The van der Waals surface area contributed by atoms with Crippen LogP contribution in [-0.4, -0.2) is 66.0 Å². The molecule has 0 radical (unpaired) electrons. The van der Waals surface area contributed by atoms with Gasteiger partial charge in [0.2, 0.25) is 5.91 Å². The van der Waals surface area contributed by atoms with Crippen LogP contribution in [0.25, 0.3) is 0 Å². The highest BCUT2D eigenvalue weighted by Crippen LogP contribution is 2.25. The Morgan fingerprint density at radius 2 is 1.65 bits per heavy atom. The van der Waals surface area contributed by atoms with Crippen molar-refractivity contribution in [1.29, 1.82) is 0 Å². The number of hydrogen-bond donors (Lipinski definition) is 2. The van der Waals surface area contributed by atoms with Crippen LogP contribution in [0.3, 0.4) is 0 Å². The molecule has 1 aliphatic heterocycles. The van der Waals surface area contributed by atoms with Crippen LogP contribution in [0.5, 0.6) is 0 Å². The van der Waals surface area contributed by atoms with Crippen LogP contribution >= 0.6 is 0 Å². The number of likely N-dealkylation sites (tertiary alicyclic amines) is 1. The Balaban J connectivity index is 2.89. The van der Waals surface area contributed by atoms with Crippen molar-refractivity contribution < 1.29 is 33.0 Å². The maximum absolute atomic E-state index is 12.0. The lowest BCUT2D eigenvalue weighted by molar-refractivity contribution is -0.159. The number of nitrogens with zero attached hydrogens (tertiary/aromatic N) is 1. The first-order valence-corrected chi connectivity index (χ1v) is 7.94. The molecule has 1 heterocycles. The quantitative estimate of drug-likeness (QED) is 0.685. The van der Waals surface area contributed by atoms with Crippen LogP contribution in [0, 0.1) is 11.8 Å². The van der Waals surface area contributed by atoms with Gasteiger partial charge in [-0.3, -0.25) is 14.4 Å². The number of piperidine rings is 1. The van der Waals surface area contributed by atoms with E-state index in [0.717, 1.165) is 11.2 Å². The van der Waals surface area contributed by atoms with Crippen LogP contribution in [0.2, 0.25) is 0 Å². The van der Waals surface area contributed by atoms with Crippen molar-refractivity contribution in [2.24, 2.45) is 11.8 Å². The van der Waals surface area contributed by atoms with E-state index in [4.69, 9.17) is 10.2 Å². The van der Waals surface area contributed by atoms with E-state index < -0.39 is 44.8 Å². The molecule has 1 fully saturated rings. The molecule has 0 bridgehead atoms. The number of carbonyl (C=O) groups excluding carboxylic acids is 1. The molecule has 0 aromatic carbocycles. The first-order valence-electron chi connectivity index (χ1n) is 5.99. The van der Waals surface area contributed by atoms with Gasteiger partial charge in [-0.1, -0.05) is 0 Å². The summed E-state index contributed by atoms with van der Waals surface area (Å²) >= 11 is 0. The monoisotopic (exact) mass is 307 g/mol. The Kier molecular flexibility index (Phi) is 4.74. The van der Waals surface area contributed by atoms with Crippen LogP contribution < -0.4 is 0 Å². The third-order valence-corrected chi connectivity index (χ3v) is 5.03. The minimum atomic E-state index is -3.57. The van der Waals surface area contributed by atoms with Gasteiger partial charge in [-0.25, -0.2) is 8.42 Å². The molecule has 0 aliphatic carbocycles. The summed E-state index contributed by atoms with van der Waals surface area (Å²) in [5.74, 6) is -5.51. The molecule has 1 aliphatic rings. The fourth-order valence-electron chi connectivity index (χ4n) is 2.14. The van der Waals surface area contributed by atoms with E-state index in [-0.39, 0.29) is 19.5 Å². The van der Waals surface area contributed by atoms with Gasteiger partial charge in [0.05, 0.1) is 11.8 Å². The van der Waals surface area contributed by atoms with Gasteiger partial charge >= 0.3 is 11.9 Å². The lowest BCUT2D eigenvalue weighted by Gasteiger charge is -2.35. The van der Waals surface area contributed by atoms with Gasteiger partial charge in [-0.15, -0.1) is 0 Å². The summed E-state index contributed by atoms with van der Waals surface area (Å²) in [6.07, 6.45) is 0.919. The number of amides is 1. The Labute approximate surface area is 116 Å². The number of sulfone groups is 1. The maximum atomic E-state index is 12.0. The van der Waals surface area contributed by atoms with E-state index >= 15 is 0 Å². The molecule has 3 atom stereocenters. The molecular weight excluding hydrogens is 290 g/mol. The van der Waals surface area contributed by atoms with Crippen LogP contribution in [0.15, 0.2) is 0 Å². The third-order valence-electron chi connectivity index (χ3n) is 3.55. The van der Waals surface area contributed by atoms with Crippen molar-refractivity contribution in [1.82, 2.24) is 4.90 Å². The van der Waals surface area contributed by atoms with Crippen molar-refractivity contribution in [2.45, 2.75) is 18.6 Å². The van der Waals surface area contributed by atoms with Crippen molar-refractivity contribution in [3.8, 4) is 0 Å².